The van der Waals surface area contributed by atoms with Crippen molar-refractivity contribution in [1.29, 1.82) is 0 Å². The molecule has 1 saturated carbocycles. The summed E-state index contributed by atoms with van der Waals surface area (Å²) >= 11 is 1.47. The van der Waals surface area contributed by atoms with Crippen LogP contribution in [-0.4, -0.2) is 30.4 Å². The van der Waals surface area contributed by atoms with E-state index in [1.807, 2.05) is 30.0 Å². The monoisotopic (exact) mass is 329 g/mol. The number of nitrogens with zero attached hydrogens (tertiary/aromatic N) is 5. The number of aryl methyl sites for hydroxylation is 1. The van der Waals surface area contributed by atoms with Crippen LogP contribution >= 0.6 is 11.8 Å². The highest BCUT2D eigenvalue weighted by atomic mass is 32.2. The average Bonchev–Trinajstić information content (AvgIpc) is 2.99. The van der Waals surface area contributed by atoms with Crippen molar-refractivity contribution in [2.45, 2.75) is 50.2 Å². The fourth-order valence-electron chi connectivity index (χ4n) is 3.52. The molecule has 1 aliphatic carbocycles. The molecule has 6 nitrogen and oxygen atoms in total. The van der Waals surface area contributed by atoms with Gasteiger partial charge in [0, 0.05) is 12.2 Å². The van der Waals surface area contributed by atoms with Gasteiger partial charge in [0.2, 0.25) is 5.16 Å². The van der Waals surface area contributed by atoms with Gasteiger partial charge < -0.3 is 4.57 Å². The van der Waals surface area contributed by atoms with Gasteiger partial charge in [0.1, 0.15) is 0 Å². The van der Waals surface area contributed by atoms with Crippen molar-refractivity contribution in [1.82, 2.24) is 24.1 Å². The third-order valence-electron chi connectivity index (χ3n) is 4.68. The molecule has 3 heterocycles. The summed E-state index contributed by atoms with van der Waals surface area (Å²) in [5.41, 5.74) is 1.56. The first kappa shape index (κ1) is 14.7. The van der Waals surface area contributed by atoms with Crippen molar-refractivity contribution in [3.05, 3.63) is 28.3 Å². The largest absolute Gasteiger partial charge is 0.312 e. The first-order chi connectivity index (χ1) is 11.2. The van der Waals surface area contributed by atoms with E-state index in [0.717, 1.165) is 24.1 Å². The molecule has 3 aromatic rings. The molecule has 0 bridgehead atoms. The molecule has 0 spiro atoms. The number of rotatable bonds is 2. The molecule has 0 aliphatic heterocycles. The second kappa shape index (κ2) is 5.63. The highest BCUT2D eigenvalue weighted by molar-refractivity contribution is 7.98. The van der Waals surface area contributed by atoms with Crippen molar-refractivity contribution in [3.8, 4) is 0 Å². The molecule has 0 aromatic carbocycles. The van der Waals surface area contributed by atoms with Gasteiger partial charge in [0.25, 0.3) is 11.3 Å². The summed E-state index contributed by atoms with van der Waals surface area (Å²) in [4.78, 5) is 21.9. The summed E-state index contributed by atoms with van der Waals surface area (Å²) in [5.74, 6) is 0.550. The zero-order chi connectivity index (χ0) is 16.0. The molecule has 1 fully saturated rings. The SMILES string of the molecule is CSc1nc2nc(C)c3c(=O)n(C4CCCCC4)ccc3n2n1. The average molecular weight is 329 g/mol. The molecule has 7 heteroatoms. The molecular formula is C16H19N5OS. The van der Waals surface area contributed by atoms with E-state index >= 15 is 0 Å². The topological polar surface area (TPSA) is 65.1 Å². The number of pyridine rings is 1. The smallest absolute Gasteiger partial charge is 0.262 e. The second-order valence-corrected chi connectivity index (χ2v) is 6.86. The van der Waals surface area contributed by atoms with E-state index in [1.54, 1.807) is 4.52 Å². The summed E-state index contributed by atoms with van der Waals surface area (Å²) in [6, 6.07) is 2.29. The molecule has 120 valence electrons. The minimum atomic E-state index is 0.0440. The number of fused-ring (bicyclic) bond motifs is 3. The van der Waals surface area contributed by atoms with Gasteiger partial charge in [-0.3, -0.25) is 4.79 Å². The van der Waals surface area contributed by atoms with E-state index in [4.69, 9.17) is 0 Å². The van der Waals surface area contributed by atoms with Crippen LogP contribution in [0.1, 0.15) is 43.8 Å². The fourth-order valence-corrected chi connectivity index (χ4v) is 3.85. The standard InChI is InChI=1S/C16H19N5OS/c1-10-13-12(21-15(17-10)18-16(19-21)23-2)8-9-20(14(13)22)11-6-4-3-5-7-11/h8-9,11H,3-7H2,1-2H3. The van der Waals surface area contributed by atoms with Crippen molar-refractivity contribution in [2.75, 3.05) is 6.26 Å². The maximum absolute atomic E-state index is 13.0. The maximum atomic E-state index is 13.0. The van der Waals surface area contributed by atoms with Crippen molar-refractivity contribution in [2.24, 2.45) is 0 Å². The molecule has 0 saturated heterocycles. The van der Waals surface area contributed by atoms with E-state index in [0.29, 0.717) is 22.4 Å². The number of thioether (sulfide) groups is 1. The van der Waals surface area contributed by atoms with Gasteiger partial charge in [-0.1, -0.05) is 31.0 Å². The quantitative estimate of drug-likeness (QED) is 0.676. The van der Waals surface area contributed by atoms with Gasteiger partial charge in [-0.15, -0.1) is 5.10 Å². The predicted octanol–water partition coefficient (Wildman–Crippen LogP) is 2.97. The van der Waals surface area contributed by atoms with Crippen LogP contribution in [-0.2, 0) is 0 Å². The normalized spacial score (nSPS) is 16.4. The van der Waals surface area contributed by atoms with E-state index in [9.17, 15) is 4.79 Å². The predicted molar refractivity (Wildman–Crippen MR) is 91.2 cm³/mol. The first-order valence-electron chi connectivity index (χ1n) is 8.01. The first-order valence-corrected chi connectivity index (χ1v) is 9.23. The van der Waals surface area contributed by atoms with Gasteiger partial charge in [0.05, 0.1) is 16.6 Å². The van der Waals surface area contributed by atoms with E-state index in [-0.39, 0.29) is 5.56 Å². The van der Waals surface area contributed by atoms with Gasteiger partial charge in [-0.05, 0) is 32.1 Å². The number of hydrogen-bond acceptors (Lipinski definition) is 5. The minimum absolute atomic E-state index is 0.0440. The lowest BCUT2D eigenvalue weighted by atomic mass is 9.95. The lowest BCUT2D eigenvalue weighted by molar-refractivity contribution is 0.347. The number of aromatic nitrogens is 5. The van der Waals surface area contributed by atoms with Crippen molar-refractivity contribution < 1.29 is 0 Å². The van der Waals surface area contributed by atoms with Crippen molar-refractivity contribution in [3.63, 3.8) is 0 Å². The molecule has 0 unspecified atom stereocenters. The van der Waals surface area contributed by atoms with Crippen LogP contribution in [0, 0.1) is 6.92 Å². The Hall–Kier alpha value is -1.89. The lowest BCUT2D eigenvalue weighted by Crippen LogP contribution is -2.27. The highest BCUT2D eigenvalue weighted by Crippen LogP contribution is 2.27. The fraction of sp³-hybridized carbons (Fsp3) is 0.500. The molecule has 23 heavy (non-hydrogen) atoms. The van der Waals surface area contributed by atoms with E-state index in [1.165, 1.54) is 31.0 Å². The van der Waals surface area contributed by atoms with Gasteiger partial charge in [-0.2, -0.15) is 9.50 Å². The summed E-state index contributed by atoms with van der Waals surface area (Å²) in [7, 11) is 0. The van der Waals surface area contributed by atoms with Crippen LogP contribution < -0.4 is 5.56 Å². The molecule has 3 aromatic heterocycles. The molecule has 0 amide bonds. The number of hydrogen-bond donors (Lipinski definition) is 0. The summed E-state index contributed by atoms with van der Waals surface area (Å²) in [6.45, 7) is 1.88. The van der Waals surface area contributed by atoms with Crippen LogP contribution in [0.15, 0.2) is 22.2 Å². The second-order valence-electron chi connectivity index (χ2n) is 6.09. The lowest BCUT2D eigenvalue weighted by Gasteiger charge is -2.24. The van der Waals surface area contributed by atoms with Gasteiger partial charge in [0.15, 0.2) is 0 Å². The minimum Gasteiger partial charge on any atom is -0.312 e. The van der Waals surface area contributed by atoms with Crippen LogP contribution in [0.4, 0.5) is 0 Å². The Morgan fingerprint density at radius 1 is 1.22 bits per heavy atom. The van der Waals surface area contributed by atoms with Gasteiger partial charge in [-0.25, -0.2) is 4.98 Å². The Balaban J connectivity index is 1.97. The molecule has 0 atom stereocenters. The third-order valence-corrected chi connectivity index (χ3v) is 5.21. The highest BCUT2D eigenvalue weighted by Gasteiger charge is 2.19. The Bertz CT molecular complexity index is 939. The zero-order valence-electron chi connectivity index (χ0n) is 13.3. The van der Waals surface area contributed by atoms with E-state index < -0.39 is 0 Å². The Morgan fingerprint density at radius 3 is 2.74 bits per heavy atom. The van der Waals surface area contributed by atoms with Crippen LogP contribution in [0.2, 0.25) is 0 Å². The van der Waals surface area contributed by atoms with E-state index in [2.05, 4.69) is 15.1 Å². The van der Waals surface area contributed by atoms with Crippen LogP contribution in [0.5, 0.6) is 0 Å². The zero-order valence-corrected chi connectivity index (χ0v) is 14.1. The third kappa shape index (κ3) is 2.34. The molecule has 1 aliphatic rings. The molecule has 4 rings (SSSR count). The molecule has 0 radical (unpaired) electrons. The molecule has 0 N–H and O–H groups in total. The summed E-state index contributed by atoms with van der Waals surface area (Å²) < 4.78 is 3.58. The Labute approximate surface area is 137 Å². The van der Waals surface area contributed by atoms with Crippen LogP contribution in [0.3, 0.4) is 0 Å². The van der Waals surface area contributed by atoms with Crippen LogP contribution in [0.25, 0.3) is 16.7 Å². The Morgan fingerprint density at radius 2 is 2.00 bits per heavy atom. The maximum Gasteiger partial charge on any atom is 0.262 e. The summed E-state index contributed by atoms with van der Waals surface area (Å²) in [5, 5.41) is 5.76. The molecular weight excluding hydrogens is 310 g/mol. The van der Waals surface area contributed by atoms with Gasteiger partial charge >= 0.3 is 0 Å². The van der Waals surface area contributed by atoms with Crippen molar-refractivity contribution >= 4 is 28.4 Å². The Kier molecular flexibility index (Phi) is 3.60. The summed E-state index contributed by atoms with van der Waals surface area (Å²) in [6.07, 6.45) is 9.69.